The molecule has 1 amide bonds. The molecule has 1 aliphatic rings. The maximum atomic E-state index is 12.8. The van der Waals surface area contributed by atoms with Crippen molar-refractivity contribution in [1.29, 1.82) is 0 Å². The minimum absolute atomic E-state index is 0.0677. The molecule has 0 bridgehead atoms. The first-order valence-corrected chi connectivity index (χ1v) is 9.06. The van der Waals surface area contributed by atoms with Gasteiger partial charge in [-0.15, -0.1) is 0 Å². The zero-order valence-electron chi connectivity index (χ0n) is 14.0. The summed E-state index contributed by atoms with van der Waals surface area (Å²) < 4.78 is 5.70. The van der Waals surface area contributed by atoms with Crippen LogP contribution in [0.4, 0.5) is 0 Å². The SMILES string of the molecule is COC(=O)c1ccc(CNC(=O)C2(c3ccc(Br)cc3)CCC2)cc1. The zero-order chi connectivity index (χ0) is 17.9. The van der Waals surface area contributed by atoms with Gasteiger partial charge in [0.1, 0.15) is 0 Å². The first-order chi connectivity index (χ1) is 12.0. The van der Waals surface area contributed by atoms with E-state index in [-0.39, 0.29) is 11.9 Å². The third kappa shape index (κ3) is 3.61. The average molecular weight is 402 g/mol. The number of benzene rings is 2. The summed E-state index contributed by atoms with van der Waals surface area (Å²) >= 11 is 3.44. The number of halogens is 1. The Kier molecular flexibility index (Phi) is 5.23. The van der Waals surface area contributed by atoms with Gasteiger partial charge in [0.25, 0.3) is 0 Å². The molecule has 1 N–H and O–H groups in total. The summed E-state index contributed by atoms with van der Waals surface area (Å²) in [6, 6.07) is 15.1. The van der Waals surface area contributed by atoms with Crippen molar-refractivity contribution in [3.63, 3.8) is 0 Å². The molecule has 5 heteroatoms. The van der Waals surface area contributed by atoms with E-state index < -0.39 is 5.41 Å². The molecule has 2 aromatic rings. The smallest absolute Gasteiger partial charge is 0.337 e. The summed E-state index contributed by atoms with van der Waals surface area (Å²) in [5, 5.41) is 3.05. The maximum Gasteiger partial charge on any atom is 0.337 e. The predicted molar refractivity (Wildman–Crippen MR) is 99.3 cm³/mol. The number of esters is 1. The fourth-order valence-electron chi connectivity index (χ4n) is 3.17. The predicted octanol–water partition coefficient (Wildman–Crippen LogP) is 3.97. The summed E-state index contributed by atoms with van der Waals surface area (Å²) in [6.45, 7) is 0.443. The highest BCUT2D eigenvalue weighted by Gasteiger charge is 2.45. The average Bonchev–Trinajstić information content (AvgIpc) is 2.60. The largest absolute Gasteiger partial charge is 0.465 e. The summed E-state index contributed by atoms with van der Waals surface area (Å²) in [7, 11) is 1.36. The van der Waals surface area contributed by atoms with Crippen LogP contribution >= 0.6 is 15.9 Å². The van der Waals surface area contributed by atoms with Gasteiger partial charge in [0, 0.05) is 11.0 Å². The number of ether oxygens (including phenoxy) is 1. The summed E-state index contributed by atoms with van der Waals surface area (Å²) in [5.41, 5.74) is 2.11. The zero-order valence-corrected chi connectivity index (χ0v) is 15.6. The number of hydrogen-bond donors (Lipinski definition) is 1. The molecule has 0 saturated heterocycles. The molecule has 25 heavy (non-hydrogen) atoms. The Balaban J connectivity index is 1.67. The lowest BCUT2D eigenvalue weighted by Crippen LogP contribution is -2.48. The van der Waals surface area contributed by atoms with Crippen molar-refractivity contribution in [3.8, 4) is 0 Å². The number of nitrogens with one attached hydrogen (secondary N) is 1. The van der Waals surface area contributed by atoms with E-state index in [1.165, 1.54) is 7.11 Å². The van der Waals surface area contributed by atoms with Crippen molar-refractivity contribution in [2.45, 2.75) is 31.2 Å². The van der Waals surface area contributed by atoms with E-state index in [2.05, 4.69) is 26.0 Å². The Labute approximate surface area is 155 Å². The van der Waals surface area contributed by atoms with Gasteiger partial charge in [0.05, 0.1) is 18.1 Å². The van der Waals surface area contributed by atoms with Gasteiger partial charge in [-0.25, -0.2) is 4.79 Å². The van der Waals surface area contributed by atoms with Gasteiger partial charge in [0.2, 0.25) is 5.91 Å². The molecule has 0 heterocycles. The van der Waals surface area contributed by atoms with E-state index in [9.17, 15) is 9.59 Å². The second-order valence-corrected chi connectivity index (χ2v) is 7.23. The van der Waals surface area contributed by atoms with E-state index in [4.69, 9.17) is 0 Å². The molecule has 0 unspecified atom stereocenters. The fourth-order valence-corrected chi connectivity index (χ4v) is 3.44. The lowest BCUT2D eigenvalue weighted by molar-refractivity contribution is -0.130. The summed E-state index contributed by atoms with van der Waals surface area (Å²) in [6.07, 6.45) is 2.82. The van der Waals surface area contributed by atoms with Gasteiger partial charge >= 0.3 is 5.97 Å². The Bertz CT molecular complexity index is 765. The number of carbonyl (C=O) groups excluding carboxylic acids is 2. The van der Waals surface area contributed by atoms with Crippen LogP contribution in [0.25, 0.3) is 0 Å². The van der Waals surface area contributed by atoms with Crippen LogP contribution in [0.15, 0.2) is 53.0 Å². The Morgan fingerprint density at radius 2 is 1.72 bits per heavy atom. The molecule has 1 saturated carbocycles. The minimum atomic E-state index is -0.410. The van der Waals surface area contributed by atoms with Gasteiger partial charge in [-0.3, -0.25) is 4.79 Å². The summed E-state index contributed by atoms with van der Waals surface area (Å²) in [4.78, 5) is 24.3. The third-order valence-corrected chi connectivity index (χ3v) is 5.40. The number of hydrogen-bond acceptors (Lipinski definition) is 3. The molecule has 0 atom stereocenters. The van der Waals surface area contributed by atoms with Crippen LogP contribution in [0.5, 0.6) is 0 Å². The standard InChI is InChI=1S/C20H20BrNO3/c1-25-18(23)15-5-3-14(4-6-15)13-22-19(24)20(11-2-12-20)16-7-9-17(21)10-8-16/h3-10H,2,11-13H2,1H3,(H,22,24). The number of carbonyl (C=O) groups is 2. The Morgan fingerprint density at radius 3 is 2.24 bits per heavy atom. The molecule has 2 aromatic carbocycles. The van der Waals surface area contributed by atoms with Crippen LogP contribution in [-0.2, 0) is 21.5 Å². The number of rotatable bonds is 5. The monoisotopic (exact) mass is 401 g/mol. The quantitative estimate of drug-likeness (QED) is 0.770. The van der Waals surface area contributed by atoms with Crippen molar-refractivity contribution in [2.24, 2.45) is 0 Å². The highest BCUT2D eigenvalue weighted by atomic mass is 79.9. The van der Waals surface area contributed by atoms with Gasteiger partial charge in [-0.05, 0) is 48.2 Å². The lowest BCUT2D eigenvalue weighted by Gasteiger charge is -2.40. The first kappa shape index (κ1) is 17.7. The van der Waals surface area contributed by atoms with Crippen LogP contribution in [-0.4, -0.2) is 19.0 Å². The molecule has 1 aliphatic carbocycles. The van der Waals surface area contributed by atoms with Gasteiger partial charge in [-0.2, -0.15) is 0 Å². The van der Waals surface area contributed by atoms with Crippen LogP contribution < -0.4 is 5.32 Å². The topological polar surface area (TPSA) is 55.4 Å². The highest BCUT2D eigenvalue weighted by Crippen LogP contribution is 2.44. The maximum absolute atomic E-state index is 12.8. The van der Waals surface area contributed by atoms with Gasteiger partial charge < -0.3 is 10.1 Å². The Hall–Kier alpha value is -2.14. The highest BCUT2D eigenvalue weighted by molar-refractivity contribution is 9.10. The van der Waals surface area contributed by atoms with E-state index in [1.807, 2.05) is 36.4 Å². The molecular weight excluding hydrogens is 382 g/mol. The summed E-state index contributed by atoms with van der Waals surface area (Å²) in [5.74, 6) is -0.294. The normalized spacial score (nSPS) is 15.1. The van der Waals surface area contributed by atoms with Crippen molar-refractivity contribution >= 4 is 27.8 Å². The molecule has 130 valence electrons. The fraction of sp³-hybridized carbons (Fsp3) is 0.300. The van der Waals surface area contributed by atoms with Crippen molar-refractivity contribution in [1.82, 2.24) is 5.32 Å². The lowest BCUT2D eigenvalue weighted by atomic mass is 9.64. The van der Waals surface area contributed by atoms with E-state index >= 15 is 0 Å². The second-order valence-electron chi connectivity index (χ2n) is 6.31. The van der Waals surface area contributed by atoms with E-state index in [0.29, 0.717) is 12.1 Å². The van der Waals surface area contributed by atoms with Crippen LogP contribution in [0.1, 0.15) is 40.7 Å². The molecule has 0 aromatic heterocycles. The second kappa shape index (κ2) is 7.40. The molecule has 4 nitrogen and oxygen atoms in total. The molecule has 1 fully saturated rings. The van der Waals surface area contributed by atoms with Crippen molar-refractivity contribution in [3.05, 3.63) is 69.7 Å². The van der Waals surface area contributed by atoms with Crippen molar-refractivity contribution < 1.29 is 14.3 Å². The number of methoxy groups -OCH3 is 1. The van der Waals surface area contributed by atoms with Crippen molar-refractivity contribution in [2.75, 3.05) is 7.11 Å². The van der Waals surface area contributed by atoms with E-state index in [1.54, 1.807) is 12.1 Å². The third-order valence-electron chi connectivity index (χ3n) is 4.87. The van der Waals surface area contributed by atoms with Crippen LogP contribution in [0, 0.1) is 0 Å². The Morgan fingerprint density at radius 1 is 1.08 bits per heavy atom. The first-order valence-electron chi connectivity index (χ1n) is 8.27. The van der Waals surface area contributed by atoms with Gasteiger partial charge in [0.15, 0.2) is 0 Å². The molecule has 3 rings (SSSR count). The molecule has 0 radical (unpaired) electrons. The molecular formula is C20H20BrNO3. The molecule has 0 spiro atoms. The van der Waals surface area contributed by atoms with Crippen LogP contribution in [0.2, 0.25) is 0 Å². The van der Waals surface area contributed by atoms with E-state index in [0.717, 1.165) is 34.9 Å². The minimum Gasteiger partial charge on any atom is -0.465 e. The van der Waals surface area contributed by atoms with Crippen LogP contribution in [0.3, 0.4) is 0 Å². The molecule has 0 aliphatic heterocycles. The number of amides is 1. The van der Waals surface area contributed by atoms with Gasteiger partial charge in [-0.1, -0.05) is 46.6 Å².